The summed E-state index contributed by atoms with van der Waals surface area (Å²) in [7, 11) is -1.71. The standard InChI is InChI=1S/C40H32B2O4/c1-7-19-31(20-8-1)37-39(33-23-11-3-12-24-33,34-25-13-4-14-26-34)45-41(43-37)42-44-38(32-21-9-2-10-22-32)40(46-42,35-27-15-5-16-28-35)36-29-17-6-18-30-36/h1-30,37-38H/t37-,38-/m0/s1. The molecule has 0 saturated carbocycles. The fourth-order valence-corrected chi connectivity index (χ4v) is 7.08. The third-order valence-electron chi connectivity index (χ3n) is 9.12. The van der Waals surface area contributed by atoms with E-state index >= 15 is 0 Å². The normalized spacial score (nSPS) is 20.1. The molecule has 0 bridgehead atoms. The summed E-state index contributed by atoms with van der Waals surface area (Å²) in [5.41, 5.74) is 4.06. The highest BCUT2D eigenvalue weighted by molar-refractivity contribution is 7.11. The lowest BCUT2D eigenvalue weighted by Crippen LogP contribution is -2.43. The van der Waals surface area contributed by atoms with Gasteiger partial charge < -0.3 is 18.6 Å². The SMILES string of the molecule is c1ccc([C@@H]2OB(B3O[C@@H](c4ccccc4)C(c4ccccc4)(c4ccccc4)O3)OC2(c2ccccc2)c2ccccc2)cc1. The van der Waals surface area contributed by atoms with Crippen LogP contribution in [0, 0.1) is 0 Å². The van der Waals surface area contributed by atoms with Gasteiger partial charge in [0.25, 0.3) is 0 Å². The van der Waals surface area contributed by atoms with Crippen LogP contribution in [0.5, 0.6) is 0 Å². The summed E-state index contributed by atoms with van der Waals surface area (Å²) in [6.45, 7) is 0. The van der Waals surface area contributed by atoms with Crippen molar-refractivity contribution >= 4 is 14.0 Å². The first-order chi connectivity index (χ1) is 22.8. The summed E-state index contributed by atoms with van der Waals surface area (Å²) in [4.78, 5) is 0. The molecule has 0 amide bonds. The second-order valence-corrected chi connectivity index (χ2v) is 11.8. The third-order valence-corrected chi connectivity index (χ3v) is 9.12. The second-order valence-electron chi connectivity index (χ2n) is 11.8. The molecule has 2 fully saturated rings. The van der Waals surface area contributed by atoms with E-state index in [2.05, 4.69) is 72.8 Å². The van der Waals surface area contributed by atoms with Gasteiger partial charge in [-0.15, -0.1) is 0 Å². The van der Waals surface area contributed by atoms with Crippen molar-refractivity contribution in [3.8, 4) is 0 Å². The monoisotopic (exact) mass is 598 g/mol. The lowest BCUT2D eigenvalue weighted by molar-refractivity contribution is 0.0719. The number of benzene rings is 6. The maximum absolute atomic E-state index is 7.25. The number of hydrogen-bond donors (Lipinski definition) is 0. The van der Waals surface area contributed by atoms with Gasteiger partial charge in [-0.25, -0.2) is 0 Å². The molecule has 0 radical (unpaired) electrons. The Kier molecular flexibility index (Phi) is 7.65. The van der Waals surface area contributed by atoms with Crippen molar-refractivity contribution in [2.75, 3.05) is 0 Å². The van der Waals surface area contributed by atoms with Crippen LogP contribution in [0.15, 0.2) is 182 Å². The van der Waals surface area contributed by atoms with Crippen molar-refractivity contribution < 1.29 is 18.6 Å². The largest absolute Gasteiger partial charge is 0.489 e. The van der Waals surface area contributed by atoms with Gasteiger partial charge in [0.15, 0.2) is 0 Å². The van der Waals surface area contributed by atoms with Crippen LogP contribution in [0.1, 0.15) is 45.6 Å². The molecule has 46 heavy (non-hydrogen) atoms. The Labute approximate surface area is 270 Å². The molecule has 2 saturated heterocycles. The molecule has 6 heteroatoms. The lowest BCUT2D eigenvalue weighted by Gasteiger charge is -2.36. The Bertz CT molecular complexity index is 1640. The Hall–Kier alpha value is -4.71. The predicted octanol–water partition coefficient (Wildman–Crippen LogP) is 8.51. The van der Waals surface area contributed by atoms with Crippen molar-refractivity contribution in [2.45, 2.75) is 23.4 Å². The molecule has 4 nitrogen and oxygen atoms in total. The zero-order chi connectivity index (χ0) is 30.8. The molecule has 222 valence electrons. The Morgan fingerprint density at radius 1 is 0.326 bits per heavy atom. The summed E-state index contributed by atoms with van der Waals surface area (Å²) in [5.74, 6) is 0. The van der Waals surface area contributed by atoms with Gasteiger partial charge in [0.05, 0.1) is 0 Å². The van der Waals surface area contributed by atoms with Gasteiger partial charge in [-0.1, -0.05) is 182 Å². The fourth-order valence-electron chi connectivity index (χ4n) is 7.08. The van der Waals surface area contributed by atoms with E-state index in [4.69, 9.17) is 18.6 Å². The molecular weight excluding hydrogens is 566 g/mol. The molecule has 6 aromatic carbocycles. The minimum absolute atomic E-state index is 0.477. The zero-order valence-electron chi connectivity index (χ0n) is 25.3. The van der Waals surface area contributed by atoms with E-state index in [0.717, 1.165) is 33.4 Å². The summed E-state index contributed by atoms with van der Waals surface area (Å²) in [5, 5.41) is 0. The van der Waals surface area contributed by atoms with E-state index in [0.29, 0.717) is 0 Å². The van der Waals surface area contributed by atoms with Crippen LogP contribution >= 0.6 is 0 Å². The molecular formula is C40H32B2O4. The van der Waals surface area contributed by atoms with Gasteiger partial charge in [0, 0.05) is 0 Å². The average Bonchev–Trinajstić information content (AvgIpc) is 3.76. The molecule has 0 N–H and O–H groups in total. The van der Waals surface area contributed by atoms with Gasteiger partial charge in [0.2, 0.25) is 0 Å². The van der Waals surface area contributed by atoms with E-state index in [1.165, 1.54) is 0 Å². The Morgan fingerprint density at radius 2 is 0.565 bits per heavy atom. The molecule has 0 spiro atoms. The van der Waals surface area contributed by atoms with Crippen molar-refractivity contribution in [2.24, 2.45) is 0 Å². The Morgan fingerprint density at radius 3 is 0.826 bits per heavy atom. The molecule has 2 aliphatic heterocycles. The maximum atomic E-state index is 7.25. The molecule has 8 rings (SSSR count). The van der Waals surface area contributed by atoms with Crippen molar-refractivity contribution in [3.05, 3.63) is 215 Å². The van der Waals surface area contributed by atoms with Gasteiger partial charge in [-0.3, -0.25) is 0 Å². The van der Waals surface area contributed by atoms with Crippen LogP contribution in [0.3, 0.4) is 0 Å². The Balaban J connectivity index is 1.29. The molecule has 6 aromatic rings. The summed E-state index contributed by atoms with van der Waals surface area (Å²) < 4.78 is 28.6. The lowest BCUT2D eigenvalue weighted by atomic mass is 9.49. The van der Waals surface area contributed by atoms with Crippen LogP contribution in [0.2, 0.25) is 0 Å². The highest BCUT2D eigenvalue weighted by atomic mass is 16.7. The van der Waals surface area contributed by atoms with Crippen LogP contribution in [0.4, 0.5) is 0 Å². The van der Waals surface area contributed by atoms with Crippen LogP contribution in [-0.2, 0) is 29.8 Å². The maximum Gasteiger partial charge on any atom is 0.489 e. The first-order valence-electron chi connectivity index (χ1n) is 15.8. The third kappa shape index (κ3) is 4.82. The summed E-state index contributed by atoms with van der Waals surface area (Å²) >= 11 is 0. The van der Waals surface area contributed by atoms with E-state index in [9.17, 15) is 0 Å². The van der Waals surface area contributed by atoms with E-state index in [-0.39, 0.29) is 0 Å². The minimum atomic E-state index is -0.964. The molecule has 0 aliphatic carbocycles. The number of rotatable bonds is 7. The number of hydrogen-bond acceptors (Lipinski definition) is 4. The molecule has 2 aliphatic rings. The summed E-state index contributed by atoms with van der Waals surface area (Å²) in [6.07, 6.45) is -0.955. The second kappa shape index (κ2) is 12.2. The quantitative estimate of drug-likeness (QED) is 0.173. The van der Waals surface area contributed by atoms with Crippen molar-refractivity contribution in [3.63, 3.8) is 0 Å². The van der Waals surface area contributed by atoms with Gasteiger partial charge in [-0.2, -0.15) is 0 Å². The van der Waals surface area contributed by atoms with Crippen LogP contribution < -0.4 is 0 Å². The van der Waals surface area contributed by atoms with Crippen molar-refractivity contribution in [1.29, 1.82) is 0 Å². The fraction of sp³-hybridized carbons (Fsp3) is 0.100. The topological polar surface area (TPSA) is 36.9 Å². The first kappa shape index (κ1) is 28.7. The van der Waals surface area contributed by atoms with E-state index in [1.807, 2.05) is 109 Å². The van der Waals surface area contributed by atoms with Crippen molar-refractivity contribution in [1.82, 2.24) is 0 Å². The van der Waals surface area contributed by atoms with Gasteiger partial charge >= 0.3 is 14.0 Å². The minimum Gasteiger partial charge on any atom is -0.403 e. The van der Waals surface area contributed by atoms with Gasteiger partial charge in [-0.05, 0) is 33.4 Å². The molecule has 0 aromatic heterocycles. The highest BCUT2D eigenvalue weighted by Gasteiger charge is 2.65. The summed E-state index contributed by atoms with van der Waals surface area (Å²) in [6, 6.07) is 61.9. The molecule has 2 atom stereocenters. The van der Waals surface area contributed by atoms with E-state index < -0.39 is 37.4 Å². The first-order valence-corrected chi connectivity index (χ1v) is 15.8. The van der Waals surface area contributed by atoms with Crippen LogP contribution in [-0.4, -0.2) is 14.0 Å². The smallest absolute Gasteiger partial charge is 0.403 e. The van der Waals surface area contributed by atoms with Gasteiger partial charge in [0.1, 0.15) is 23.4 Å². The molecule has 2 heterocycles. The highest BCUT2D eigenvalue weighted by Crippen LogP contribution is 2.56. The van der Waals surface area contributed by atoms with E-state index in [1.54, 1.807) is 0 Å². The average molecular weight is 598 g/mol. The van der Waals surface area contributed by atoms with Crippen LogP contribution in [0.25, 0.3) is 0 Å². The molecule has 0 unspecified atom stereocenters. The zero-order valence-corrected chi connectivity index (χ0v) is 25.3. The predicted molar refractivity (Wildman–Crippen MR) is 182 cm³/mol.